The van der Waals surface area contributed by atoms with Gasteiger partial charge in [-0.25, -0.2) is 0 Å². The largest absolute Gasteiger partial charge is 0.399 e. The third-order valence-corrected chi connectivity index (χ3v) is 4.06. The van der Waals surface area contributed by atoms with Crippen LogP contribution < -0.4 is 5.73 Å². The molecule has 0 aromatic heterocycles. The molecule has 0 heterocycles. The Balaban J connectivity index is 1.84. The molecule has 0 bridgehead atoms. The van der Waals surface area contributed by atoms with E-state index in [0.717, 1.165) is 29.2 Å². The number of nitrogens with zero attached hydrogens (tertiary/aromatic N) is 1. The lowest BCUT2D eigenvalue weighted by Gasteiger charge is -2.04. The fourth-order valence-corrected chi connectivity index (χ4v) is 2.85. The number of para-hydroxylation sites is 1. The van der Waals surface area contributed by atoms with E-state index in [0.29, 0.717) is 0 Å². The molecule has 2 aromatic rings. The van der Waals surface area contributed by atoms with Crippen molar-refractivity contribution in [2.75, 3.05) is 11.5 Å². The van der Waals surface area contributed by atoms with Gasteiger partial charge >= 0.3 is 0 Å². The van der Waals surface area contributed by atoms with Crippen molar-refractivity contribution in [2.45, 2.75) is 17.7 Å². The Morgan fingerprint density at radius 1 is 1.10 bits per heavy atom. The number of thioether (sulfide) groups is 1. The summed E-state index contributed by atoms with van der Waals surface area (Å²) in [5.41, 5.74) is 7.82. The van der Waals surface area contributed by atoms with E-state index in [4.69, 9.17) is 5.73 Å². The molecule has 2 N–H and O–H groups in total. The Labute approximate surface area is 122 Å². The zero-order valence-electron chi connectivity index (χ0n) is 11.0. The van der Waals surface area contributed by atoms with E-state index in [1.165, 1.54) is 17.3 Å². The SMILES string of the molecule is Nc1ccc(CCCSc2ccccc2[N+](=O)[O-])cc1. The van der Waals surface area contributed by atoms with Gasteiger partial charge in [-0.05, 0) is 42.4 Å². The highest BCUT2D eigenvalue weighted by Gasteiger charge is 2.11. The van der Waals surface area contributed by atoms with Crippen molar-refractivity contribution in [2.24, 2.45) is 0 Å². The van der Waals surface area contributed by atoms with Gasteiger partial charge in [0.25, 0.3) is 5.69 Å². The summed E-state index contributed by atoms with van der Waals surface area (Å²) < 4.78 is 0. The second kappa shape index (κ2) is 6.96. The fourth-order valence-electron chi connectivity index (χ4n) is 1.87. The maximum Gasteiger partial charge on any atom is 0.282 e. The average molecular weight is 288 g/mol. The van der Waals surface area contributed by atoms with Gasteiger partial charge in [0, 0.05) is 11.8 Å². The van der Waals surface area contributed by atoms with Crippen LogP contribution in [0.5, 0.6) is 0 Å². The number of rotatable bonds is 6. The number of anilines is 1. The number of hydrogen-bond acceptors (Lipinski definition) is 4. The van der Waals surface area contributed by atoms with Crippen LogP contribution in [0.3, 0.4) is 0 Å². The highest BCUT2D eigenvalue weighted by Crippen LogP contribution is 2.29. The third kappa shape index (κ3) is 3.99. The number of hydrogen-bond donors (Lipinski definition) is 1. The number of nitrogen functional groups attached to an aromatic ring is 1. The van der Waals surface area contributed by atoms with Gasteiger partial charge in [-0.15, -0.1) is 11.8 Å². The van der Waals surface area contributed by atoms with Crippen molar-refractivity contribution in [1.82, 2.24) is 0 Å². The summed E-state index contributed by atoms with van der Waals surface area (Å²) in [5.74, 6) is 0.856. The summed E-state index contributed by atoms with van der Waals surface area (Å²) >= 11 is 1.53. The molecule has 2 aromatic carbocycles. The molecule has 0 saturated heterocycles. The van der Waals surface area contributed by atoms with Crippen LogP contribution in [0.2, 0.25) is 0 Å². The predicted molar refractivity (Wildman–Crippen MR) is 83.0 cm³/mol. The van der Waals surface area contributed by atoms with Crippen molar-refractivity contribution in [1.29, 1.82) is 0 Å². The van der Waals surface area contributed by atoms with Crippen molar-refractivity contribution < 1.29 is 4.92 Å². The molecule has 104 valence electrons. The Kier molecular flexibility index (Phi) is 5.01. The highest BCUT2D eigenvalue weighted by molar-refractivity contribution is 7.99. The van der Waals surface area contributed by atoms with Crippen LogP contribution in [0, 0.1) is 10.1 Å². The summed E-state index contributed by atoms with van der Waals surface area (Å²) in [5, 5.41) is 10.9. The minimum absolute atomic E-state index is 0.185. The minimum atomic E-state index is -0.331. The van der Waals surface area contributed by atoms with Crippen LogP contribution in [0.1, 0.15) is 12.0 Å². The van der Waals surface area contributed by atoms with Gasteiger partial charge in [0.2, 0.25) is 0 Å². The molecule has 0 amide bonds. The van der Waals surface area contributed by atoms with Gasteiger partial charge in [0.05, 0.1) is 9.82 Å². The van der Waals surface area contributed by atoms with Crippen LogP contribution in [0.25, 0.3) is 0 Å². The molecule has 0 fully saturated rings. The van der Waals surface area contributed by atoms with Crippen LogP contribution in [-0.4, -0.2) is 10.7 Å². The van der Waals surface area contributed by atoms with Gasteiger partial charge < -0.3 is 5.73 Å². The number of nitrogens with two attached hydrogens (primary N) is 1. The lowest BCUT2D eigenvalue weighted by molar-refractivity contribution is -0.387. The van der Waals surface area contributed by atoms with Crippen molar-refractivity contribution in [3.05, 3.63) is 64.2 Å². The minimum Gasteiger partial charge on any atom is -0.399 e. The van der Waals surface area contributed by atoms with Gasteiger partial charge in [-0.2, -0.15) is 0 Å². The van der Waals surface area contributed by atoms with Gasteiger partial charge in [0.1, 0.15) is 0 Å². The standard InChI is InChI=1S/C15H16N2O2S/c16-13-9-7-12(8-10-13)4-3-11-20-15-6-2-1-5-14(15)17(18)19/h1-2,5-10H,3-4,11,16H2. The second-order valence-electron chi connectivity index (χ2n) is 4.42. The zero-order chi connectivity index (χ0) is 14.4. The monoisotopic (exact) mass is 288 g/mol. The maximum atomic E-state index is 10.9. The van der Waals surface area contributed by atoms with Crippen LogP contribution in [-0.2, 0) is 6.42 Å². The number of nitro groups is 1. The summed E-state index contributed by atoms with van der Waals surface area (Å²) in [4.78, 5) is 11.3. The third-order valence-electron chi connectivity index (χ3n) is 2.91. The number of aryl methyl sites for hydroxylation is 1. The molecule has 0 unspecified atom stereocenters. The maximum absolute atomic E-state index is 10.9. The molecule has 0 aliphatic carbocycles. The summed E-state index contributed by atoms with van der Waals surface area (Å²) in [6.07, 6.45) is 1.93. The van der Waals surface area contributed by atoms with E-state index in [-0.39, 0.29) is 10.6 Å². The lowest BCUT2D eigenvalue weighted by atomic mass is 10.1. The molecular weight excluding hydrogens is 272 g/mol. The van der Waals surface area contributed by atoms with Gasteiger partial charge in [-0.3, -0.25) is 10.1 Å². The molecule has 2 rings (SSSR count). The first-order chi connectivity index (χ1) is 9.66. The normalized spacial score (nSPS) is 10.4. The van der Waals surface area contributed by atoms with Crippen molar-refractivity contribution in [3.8, 4) is 0 Å². The Bertz CT molecular complexity index is 585. The fraction of sp³-hybridized carbons (Fsp3) is 0.200. The molecule has 0 saturated carbocycles. The van der Waals surface area contributed by atoms with E-state index in [9.17, 15) is 10.1 Å². The van der Waals surface area contributed by atoms with E-state index in [2.05, 4.69) is 0 Å². The first kappa shape index (κ1) is 14.4. The topological polar surface area (TPSA) is 69.2 Å². The first-order valence-electron chi connectivity index (χ1n) is 6.37. The smallest absolute Gasteiger partial charge is 0.282 e. The summed E-state index contributed by atoms with van der Waals surface area (Å²) in [6, 6.07) is 14.7. The Hall–Kier alpha value is -2.01. The van der Waals surface area contributed by atoms with Crippen LogP contribution >= 0.6 is 11.8 Å². The van der Waals surface area contributed by atoms with Crippen LogP contribution in [0.15, 0.2) is 53.4 Å². The number of nitro benzene ring substituents is 1. The molecular formula is C15H16N2O2S. The molecule has 20 heavy (non-hydrogen) atoms. The highest BCUT2D eigenvalue weighted by atomic mass is 32.2. The summed E-state index contributed by atoms with van der Waals surface area (Å²) in [6.45, 7) is 0. The number of benzene rings is 2. The van der Waals surface area contributed by atoms with E-state index in [1.807, 2.05) is 30.3 Å². The zero-order valence-corrected chi connectivity index (χ0v) is 11.8. The predicted octanol–water partition coefficient (Wildman–Crippen LogP) is 3.90. The molecule has 0 atom stereocenters. The molecule has 0 aliphatic rings. The summed E-state index contributed by atoms with van der Waals surface area (Å²) in [7, 11) is 0. The molecule has 4 nitrogen and oxygen atoms in total. The average Bonchev–Trinajstić information content (AvgIpc) is 2.46. The van der Waals surface area contributed by atoms with Crippen molar-refractivity contribution in [3.63, 3.8) is 0 Å². The van der Waals surface area contributed by atoms with E-state index in [1.54, 1.807) is 18.2 Å². The molecule has 5 heteroatoms. The van der Waals surface area contributed by atoms with E-state index < -0.39 is 0 Å². The molecule has 0 aliphatic heterocycles. The van der Waals surface area contributed by atoms with E-state index >= 15 is 0 Å². The molecule has 0 radical (unpaired) electrons. The molecule has 0 spiro atoms. The second-order valence-corrected chi connectivity index (χ2v) is 5.56. The van der Waals surface area contributed by atoms with Crippen molar-refractivity contribution >= 4 is 23.1 Å². The lowest BCUT2D eigenvalue weighted by Crippen LogP contribution is -1.92. The van der Waals surface area contributed by atoms with Gasteiger partial charge in [-0.1, -0.05) is 24.3 Å². The van der Waals surface area contributed by atoms with Crippen LogP contribution in [0.4, 0.5) is 11.4 Å². The Morgan fingerprint density at radius 2 is 1.80 bits per heavy atom. The quantitative estimate of drug-likeness (QED) is 0.288. The van der Waals surface area contributed by atoms with Gasteiger partial charge in [0.15, 0.2) is 0 Å². The Morgan fingerprint density at radius 3 is 2.50 bits per heavy atom. The first-order valence-corrected chi connectivity index (χ1v) is 7.36.